The fourth-order valence-corrected chi connectivity index (χ4v) is 5.87. The number of rotatable bonds is 6. The maximum atomic E-state index is 13.4. The number of amides is 1. The summed E-state index contributed by atoms with van der Waals surface area (Å²) >= 11 is 1.49. The minimum absolute atomic E-state index is 0.142. The highest BCUT2D eigenvalue weighted by molar-refractivity contribution is 7.98. The van der Waals surface area contributed by atoms with Crippen molar-refractivity contribution in [2.75, 3.05) is 6.26 Å². The van der Waals surface area contributed by atoms with E-state index in [-0.39, 0.29) is 36.1 Å². The second-order valence-corrected chi connectivity index (χ2v) is 9.89. The average Bonchev–Trinajstić information content (AvgIpc) is 3.11. The van der Waals surface area contributed by atoms with E-state index in [1.54, 1.807) is 0 Å². The molecule has 1 saturated carbocycles. The summed E-state index contributed by atoms with van der Waals surface area (Å²) in [4.78, 5) is 29.6. The molecule has 1 unspecified atom stereocenters. The Hall–Kier alpha value is -2.95. The fraction of sp³-hybridized carbons (Fsp3) is 0.407. The lowest BCUT2D eigenvalue weighted by atomic mass is 9.82. The van der Waals surface area contributed by atoms with Gasteiger partial charge in [0.15, 0.2) is 0 Å². The van der Waals surface area contributed by atoms with E-state index in [0.717, 1.165) is 52.9 Å². The van der Waals surface area contributed by atoms with Gasteiger partial charge < -0.3 is 20.0 Å². The zero-order valence-corrected chi connectivity index (χ0v) is 20.7. The van der Waals surface area contributed by atoms with Crippen molar-refractivity contribution in [1.29, 1.82) is 0 Å². The molecule has 1 fully saturated rings. The number of fused-ring (bicyclic) bond motifs is 1. The van der Waals surface area contributed by atoms with Crippen LogP contribution in [0, 0.1) is 32.1 Å². The number of pyridine rings is 1. The molecule has 1 aliphatic rings. The van der Waals surface area contributed by atoms with Crippen molar-refractivity contribution in [3.63, 3.8) is 0 Å². The largest absolute Gasteiger partial charge is 0.393 e. The molecule has 7 heteroatoms. The summed E-state index contributed by atoms with van der Waals surface area (Å²) in [6.45, 7) is 3.92. The highest BCUT2D eigenvalue weighted by atomic mass is 32.2. The number of hydrogen-bond acceptors (Lipinski definition) is 4. The molecule has 1 atom stereocenters. The first-order valence-corrected chi connectivity index (χ1v) is 12.9. The maximum Gasteiger partial charge on any atom is 0.254 e. The molecule has 0 saturated heterocycles. The number of para-hydroxylation sites is 1. The summed E-state index contributed by atoms with van der Waals surface area (Å²) in [6.07, 6.45) is 10.9. The molecule has 0 spiro atoms. The number of hydrogen-bond donors (Lipinski definition) is 3. The third-order valence-corrected chi connectivity index (χ3v) is 7.70. The summed E-state index contributed by atoms with van der Waals surface area (Å²) in [6, 6.07) is 9.54. The third-order valence-electron chi connectivity index (χ3n) is 6.90. The van der Waals surface area contributed by atoms with E-state index in [0.29, 0.717) is 11.1 Å². The van der Waals surface area contributed by atoms with Gasteiger partial charge in [0.25, 0.3) is 11.5 Å². The number of H-pyrrole nitrogens is 1. The van der Waals surface area contributed by atoms with Gasteiger partial charge >= 0.3 is 0 Å². The zero-order valence-electron chi connectivity index (χ0n) is 19.9. The van der Waals surface area contributed by atoms with E-state index in [4.69, 9.17) is 6.42 Å². The molecule has 3 aromatic rings. The zero-order chi connectivity index (χ0) is 24.4. The quantitative estimate of drug-likeness (QED) is 0.364. The Labute approximate surface area is 204 Å². The second-order valence-electron chi connectivity index (χ2n) is 9.04. The first-order valence-electron chi connectivity index (χ1n) is 11.6. The number of aliphatic hydroxyl groups is 1. The van der Waals surface area contributed by atoms with E-state index in [9.17, 15) is 14.7 Å². The number of aromatic amines is 1. The predicted molar refractivity (Wildman–Crippen MR) is 137 cm³/mol. The SMILES string of the molecule is C#CC(C1CCC(O)CC1)n1c(C)c(C(=O)NCc2c(SC)cc(C)[nH]c2=O)c2ccccc21. The summed E-state index contributed by atoms with van der Waals surface area (Å²) in [5.41, 5.74) is 3.48. The number of aromatic nitrogens is 2. The topological polar surface area (TPSA) is 87.1 Å². The molecule has 3 N–H and O–H groups in total. The highest BCUT2D eigenvalue weighted by Gasteiger charge is 2.30. The van der Waals surface area contributed by atoms with Crippen LogP contribution in [-0.2, 0) is 6.54 Å². The Morgan fingerprint density at radius 3 is 2.68 bits per heavy atom. The van der Waals surface area contributed by atoms with Crippen molar-refractivity contribution in [3.8, 4) is 12.3 Å². The Kier molecular flexibility index (Phi) is 7.20. The van der Waals surface area contributed by atoms with Crippen molar-refractivity contribution in [1.82, 2.24) is 14.9 Å². The molecule has 1 amide bonds. The van der Waals surface area contributed by atoms with Crippen LogP contribution in [0.15, 0.2) is 40.0 Å². The molecule has 2 aromatic heterocycles. The number of aryl methyl sites for hydroxylation is 1. The van der Waals surface area contributed by atoms with Gasteiger partial charge in [-0.25, -0.2) is 0 Å². The molecule has 6 nitrogen and oxygen atoms in total. The maximum absolute atomic E-state index is 13.4. The van der Waals surface area contributed by atoms with Gasteiger partial charge in [-0.1, -0.05) is 24.1 Å². The smallest absolute Gasteiger partial charge is 0.254 e. The molecule has 2 heterocycles. The summed E-state index contributed by atoms with van der Waals surface area (Å²) in [7, 11) is 0. The van der Waals surface area contributed by atoms with Crippen molar-refractivity contribution in [2.45, 2.75) is 63.1 Å². The van der Waals surface area contributed by atoms with Crippen LogP contribution in [0.3, 0.4) is 0 Å². The van der Waals surface area contributed by atoms with Crippen LogP contribution in [-0.4, -0.2) is 32.9 Å². The van der Waals surface area contributed by atoms with Gasteiger partial charge in [0.2, 0.25) is 0 Å². The molecule has 178 valence electrons. The van der Waals surface area contributed by atoms with Gasteiger partial charge in [0.05, 0.1) is 23.2 Å². The molecule has 0 aliphatic heterocycles. The first-order chi connectivity index (χ1) is 16.3. The van der Waals surface area contributed by atoms with Crippen LogP contribution in [0.5, 0.6) is 0 Å². The normalized spacial score (nSPS) is 19.0. The number of nitrogens with zero attached hydrogens (tertiary/aromatic N) is 1. The van der Waals surface area contributed by atoms with Crippen LogP contribution in [0.2, 0.25) is 0 Å². The van der Waals surface area contributed by atoms with Crippen molar-refractivity contribution >= 4 is 28.6 Å². The molecular formula is C27H31N3O3S. The van der Waals surface area contributed by atoms with Crippen molar-refractivity contribution < 1.29 is 9.90 Å². The molecule has 34 heavy (non-hydrogen) atoms. The summed E-state index contributed by atoms with van der Waals surface area (Å²) in [5, 5.41) is 13.8. The molecular weight excluding hydrogens is 446 g/mol. The number of terminal acetylenes is 1. The molecule has 4 rings (SSSR count). The Balaban J connectivity index is 1.69. The van der Waals surface area contributed by atoms with Crippen LogP contribution in [0.1, 0.15) is 59.0 Å². The number of nitrogens with one attached hydrogen (secondary N) is 2. The standard InChI is InChI=1S/C27H31N3O3S/c1-5-22(18-10-12-19(31)13-11-18)30-17(3)25(20-8-6-7-9-23(20)30)27(33)28-15-21-24(34-4)14-16(2)29-26(21)32/h1,6-9,14,18-19,22,31H,10-13,15H2,2-4H3,(H,28,33)(H,29,32). The molecule has 1 aromatic carbocycles. The third kappa shape index (κ3) is 4.53. The minimum atomic E-state index is -0.255. The molecule has 0 bridgehead atoms. The Bertz CT molecular complexity index is 1310. The summed E-state index contributed by atoms with van der Waals surface area (Å²) in [5.74, 6) is 2.99. The predicted octanol–water partition coefficient (Wildman–Crippen LogP) is 4.32. The van der Waals surface area contributed by atoms with Gasteiger partial charge in [-0.15, -0.1) is 18.2 Å². The number of aliphatic hydroxyl groups excluding tert-OH is 1. The van der Waals surface area contributed by atoms with Gasteiger partial charge in [-0.2, -0.15) is 0 Å². The first kappa shape index (κ1) is 24.2. The van der Waals surface area contributed by atoms with Crippen LogP contribution < -0.4 is 10.9 Å². The second kappa shape index (κ2) is 10.1. The number of carbonyl (C=O) groups is 1. The molecule has 1 aliphatic carbocycles. The van der Waals surface area contributed by atoms with Gasteiger partial charge in [0.1, 0.15) is 0 Å². The number of thioether (sulfide) groups is 1. The average molecular weight is 478 g/mol. The number of carbonyl (C=O) groups excluding carboxylic acids is 1. The van der Waals surface area contributed by atoms with Crippen LogP contribution >= 0.6 is 11.8 Å². The molecule has 0 radical (unpaired) electrons. The summed E-state index contributed by atoms with van der Waals surface area (Å²) < 4.78 is 2.11. The van der Waals surface area contributed by atoms with Gasteiger partial charge in [-0.05, 0) is 63.8 Å². The van der Waals surface area contributed by atoms with Crippen molar-refractivity contribution in [3.05, 3.63) is 63.2 Å². The van der Waals surface area contributed by atoms with E-state index < -0.39 is 0 Å². The van der Waals surface area contributed by atoms with E-state index >= 15 is 0 Å². The lowest BCUT2D eigenvalue weighted by Gasteiger charge is -2.31. The highest BCUT2D eigenvalue weighted by Crippen LogP contribution is 2.37. The Morgan fingerprint density at radius 1 is 1.29 bits per heavy atom. The minimum Gasteiger partial charge on any atom is -0.393 e. The van der Waals surface area contributed by atoms with Crippen molar-refractivity contribution in [2.24, 2.45) is 5.92 Å². The lowest BCUT2D eigenvalue weighted by molar-refractivity contribution is 0.0950. The van der Waals surface area contributed by atoms with Crippen LogP contribution in [0.4, 0.5) is 0 Å². The van der Waals surface area contributed by atoms with Gasteiger partial charge in [-0.3, -0.25) is 9.59 Å². The fourth-order valence-electron chi connectivity index (χ4n) is 5.17. The lowest BCUT2D eigenvalue weighted by Crippen LogP contribution is -2.29. The van der Waals surface area contributed by atoms with Crippen LogP contribution in [0.25, 0.3) is 10.9 Å². The van der Waals surface area contributed by atoms with Gasteiger partial charge in [0, 0.05) is 33.8 Å². The number of benzene rings is 1. The van der Waals surface area contributed by atoms with E-state index in [2.05, 4.69) is 20.8 Å². The Morgan fingerprint density at radius 2 is 2.00 bits per heavy atom. The van der Waals surface area contributed by atoms with E-state index in [1.807, 2.05) is 50.4 Å². The van der Waals surface area contributed by atoms with E-state index in [1.165, 1.54) is 11.8 Å². The monoisotopic (exact) mass is 477 g/mol.